The molecule has 2 heterocycles. The molecule has 5 unspecified atom stereocenters. The van der Waals surface area contributed by atoms with Crippen molar-refractivity contribution >= 4 is 29.7 Å². The van der Waals surface area contributed by atoms with Gasteiger partial charge >= 0.3 is 5.97 Å². The van der Waals surface area contributed by atoms with Crippen LogP contribution in [0.15, 0.2) is 30.0 Å². The third kappa shape index (κ3) is 10.4. The van der Waals surface area contributed by atoms with E-state index in [1.54, 1.807) is 0 Å². The molecule has 0 aliphatic rings. The second-order valence-corrected chi connectivity index (χ2v) is 8.80. The summed E-state index contributed by atoms with van der Waals surface area (Å²) in [5.41, 5.74) is 17.8. The van der Waals surface area contributed by atoms with Crippen LogP contribution in [-0.2, 0) is 32.0 Å². The zero-order chi connectivity index (χ0) is 28.9. The van der Waals surface area contributed by atoms with Crippen LogP contribution in [0, 0.1) is 0 Å². The van der Waals surface area contributed by atoms with Crippen LogP contribution in [0.25, 0.3) is 0 Å². The lowest BCUT2D eigenvalue weighted by atomic mass is 10.1. The fraction of sp³-hybridized carbons (Fsp3) is 0.500. The van der Waals surface area contributed by atoms with E-state index in [9.17, 15) is 29.4 Å². The molecular weight excluding hydrogens is 514 g/mol. The molecule has 5 atom stereocenters. The molecule has 2 rings (SSSR count). The Morgan fingerprint density at radius 2 is 1.51 bits per heavy atom. The number of guanidine groups is 1. The first-order valence-corrected chi connectivity index (χ1v) is 12.0. The number of carbonyl (C=O) groups excluding carboxylic acids is 3. The number of aliphatic hydroxyl groups excluding tert-OH is 1. The smallest absolute Gasteiger partial charge is 0.328 e. The number of amides is 3. The number of nitrogens with one attached hydrogen (secondary N) is 5. The van der Waals surface area contributed by atoms with Gasteiger partial charge in [0.2, 0.25) is 17.7 Å². The van der Waals surface area contributed by atoms with Gasteiger partial charge in [-0.05, 0) is 19.8 Å². The zero-order valence-corrected chi connectivity index (χ0v) is 21.3. The van der Waals surface area contributed by atoms with Gasteiger partial charge in [-0.25, -0.2) is 14.8 Å². The fourth-order valence-corrected chi connectivity index (χ4v) is 3.52. The summed E-state index contributed by atoms with van der Waals surface area (Å²) < 4.78 is 0. The Balaban J connectivity index is 2.19. The molecule has 0 aromatic carbocycles. The van der Waals surface area contributed by atoms with Crippen molar-refractivity contribution in [2.45, 2.75) is 62.9 Å². The van der Waals surface area contributed by atoms with E-state index in [1.807, 2.05) is 0 Å². The predicted octanol–water partition coefficient (Wildman–Crippen LogP) is -3.78. The average Bonchev–Trinajstić information content (AvgIpc) is 3.57. The summed E-state index contributed by atoms with van der Waals surface area (Å²) in [5.74, 6) is -3.84. The molecule has 2 aromatic heterocycles. The Labute approximate surface area is 223 Å². The first kappa shape index (κ1) is 30.7. The number of aliphatic imine (C=N–C) groups is 1. The summed E-state index contributed by atoms with van der Waals surface area (Å²) in [6.45, 7) is 1.34. The summed E-state index contributed by atoms with van der Waals surface area (Å²) >= 11 is 0. The van der Waals surface area contributed by atoms with Crippen LogP contribution in [-0.4, -0.2) is 96.6 Å². The molecule has 0 bridgehead atoms. The molecule has 0 aliphatic carbocycles. The van der Waals surface area contributed by atoms with Crippen molar-refractivity contribution in [3.63, 3.8) is 0 Å². The quantitative estimate of drug-likeness (QED) is 0.0550. The molecule has 0 saturated heterocycles. The van der Waals surface area contributed by atoms with E-state index >= 15 is 0 Å². The van der Waals surface area contributed by atoms with Gasteiger partial charge in [0.15, 0.2) is 12.0 Å². The van der Waals surface area contributed by atoms with Gasteiger partial charge < -0.3 is 53.3 Å². The number of imidazole rings is 2. The second kappa shape index (κ2) is 15.0. The largest absolute Gasteiger partial charge is 0.480 e. The van der Waals surface area contributed by atoms with Crippen molar-refractivity contribution < 1.29 is 29.4 Å². The summed E-state index contributed by atoms with van der Waals surface area (Å²) in [6.07, 6.45) is 4.81. The Bertz CT molecular complexity index is 1100. The number of carboxylic acids is 1. The van der Waals surface area contributed by atoms with Crippen molar-refractivity contribution in [1.82, 2.24) is 35.9 Å². The van der Waals surface area contributed by atoms with Crippen LogP contribution in [0.4, 0.5) is 0 Å². The fourth-order valence-electron chi connectivity index (χ4n) is 3.52. The molecule has 0 aliphatic heterocycles. The Morgan fingerprint density at radius 3 is 2.03 bits per heavy atom. The number of aromatic nitrogens is 4. The molecule has 13 N–H and O–H groups in total. The molecule has 2 aromatic rings. The van der Waals surface area contributed by atoms with Gasteiger partial charge in [-0.1, -0.05) is 0 Å². The van der Waals surface area contributed by atoms with Crippen molar-refractivity contribution in [3.8, 4) is 0 Å². The van der Waals surface area contributed by atoms with Crippen LogP contribution < -0.4 is 33.2 Å². The van der Waals surface area contributed by atoms with Gasteiger partial charge in [0, 0.05) is 43.2 Å². The molecule has 0 saturated carbocycles. The second-order valence-electron chi connectivity index (χ2n) is 8.80. The molecule has 0 fully saturated rings. The summed E-state index contributed by atoms with van der Waals surface area (Å²) in [7, 11) is 0. The molecule has 3 amide bonds. The van der Waals surface area contributed by atoms with Crippen molar-refractivity contribution in [2.24, 2.45) is 22.2 Å². The lowest BCUT2D eigenvalue weighted by molar-refractivity contribution is -0.145. The highest BCUT2D eigenvalue weighted by Crippen LogP contribution is 2.06. The lowest BCUT2D eigenvalue weighted by Gasteiger charge is -2.25. The van der Waals surface area contributed by atoms with Gasteiger partial charge in [-0.3, -0.25) is 19.4 Å². The normalized spacial score (nSPS) is 14.7. The first-order chi connectivity index (χ1) is 18.5. The van der Waals surface area contributed by atoms with Gasteiger partial charge in [0.25, 0.3) is 0 Å². The van der Waals surface area contributed by atoms with Crippen LogP contribution in [0.2, 0.25) is 0 Å². The van der Waals surface area contributed by atoms with Crippen LogP contribution in [0.5, 0.6) is 0 Å². The molecule has 214 valence electrons. The standard InChI is InChI=1S/C22H35N11O6/c1-11(34)17(21(38)39)33-19(36)15(3-2-4-28-22(24)25)31-20(37)16(6-13-8-27-10-30-13)32-18(35)14(23)5-12-7-26-9-29-12/h7-11,14-17,34H,2-6,23H2,1H3,(H,26,29)(H,27,30)(H,31,37)(H,32,35)(H,33,36)(H,38,39)(H4,24,25,28). The van der Waals surface area contributed by atoms with Gasteiger partial charge in [0.1, 0.15) is 12.1 Å². The third-order valence-corrected chi connectivity index (χ3v) is 5.57. The van der Waals surface area contributed by atoms with Crippen LogP contribution >= 0.6 is 0 Å². The highest BCUT2D eigenvalue weighted by atomic mass is 16.4. The van der Waals surface area contributed by atoms with E-state index in [1.165, 1.54) is 32.0 Å². The lowest BCUT2D eigenvalue weighted by Crippen LogP contribution is -2.58. The Morgan fingerprint density at radius 1 is 0.949 bits per heavy atom. The molecule has 17 nitrogen and oxygen atoms in total. The number of H-pyrrole nitrogens is 2. The number of aromatic amines is 2. The molecular formula is C22H35N11O6. The Kier molecular flexibility index (Phi) is 11.8. The van der Waals surface area contributed by atoms with E-state index < -0.39 is 54.0 Å². The number of nitrogens with two attached hydrogens (primary N) is 3. The monoisotopic (exact) mass is 549 g/mol. The minimum absolute atomic E-state index is 0.0118. The van der Waals surface area contributed by atoms with E-state index in [0.717, 1.165) is 0 Å². The molecule has 39 heavy (non-hydrogen) atoms. The first-order valence-electron chi connectivity index (χ1n) is 12.0. The number of rotatable bonds is 16. The van der Waals surface area contributed by atoms with E-state index in [0.29, 0.717) is 11.4 Å². The topological polar surface area (TPSA) is 293 Å². The summed E-state index contributed by atoms with van der Waals surface area (Å²) in [6, 6.07) is -5.04. The van der Waals surface area contributed by atoms with Crippen molar-refractivity contribution in [2.75, 3.05) is 6.54 Å². The number of aliphatic carboxylic acids is 1. The Hall–Kier alpha value is -4.51. The maximum Gasteiger partial charge on any atom is 0.328 e. The molecule has 0 radical (unpaired) electrons. The minimum atomic E-state index is -1.62. The number of carboxylic acid groups (broad SMARTS) is 1. The average molecular weight is 550 g/mol. The van der Waals surface area contributed by atoms with Gasteiger partial charge in [-0.15, -0.1) is 0 Å². The van der Waals surface area contributed by atoms with E-state index in [-0.39, 0.29) is 38.2 Å². The van der Waals surface area contributed by atoms with E-state index in [2.05, 4.69) is 40.9 Å². The number of hydrogen-bond acceptors (Lipinski definition) is 9. The number of hydrogen-bond donors (Lipinski definition) is 10. The van der Waals surface area contributed by atoms with Crippen molar-refractivity contribution in [3.05, 3.63) is 36.4 Å². The van der Waals surface area contributed by atoms with Gasteiger partial charge in [0.05, 0.1) is 24.8 Å². The summed E-state index contributed by atoms with van der Waals surface area (Å²) in [5, 5.41) is 26.4. The predicted molar refractivity (Wildman–Crippen MR) is 138 cm³/mol. The molecule has 0 spiro atoms. The third-order valence-electron chi connectivity index (χ3n) is 5.57. The highest BCUT2D eigenvalue weighted by Gasteiger charge is 2.32. The SMILES string of the molecule is CC(O)C(NC(=O)C(CCCN=C(N)N)NC(=O)C(Cc1cnc[nH]1)NC(=O)C(N)Cc1cnc[nH]1)C(=O)O. The summed E-state index contributed by atoms with van der Waals surface area (Å²) in [4.78, 5) is 67.9. The number of aliphatic hydroxyl groups is 1. The highest BCUT2D eigenvalue weighted by molar-refractivity contribution is 5.94. The van der Waals surface area contributed by atoms with Gasteiger partial charge in [-0.2, -0.15) is 0 Å². The maximum absolute atomic E-state index is 13.3. The van der Waals surface area contributed by atoms with Crippen LogP contribution in [0.1, 0.15) is 31.2 Å². The van der Waals surface area contributed by atoms with Crippen LogP contribution in [0.3, 0.4) is 0 Å². The zero-order valence-electron chi connectivity index (χ0n) is 21.3. The molecule has 17 heteroatoms. The van der Waals surface area contributed by atoms with E-state index in [4.69, 9.17) is 17.2 Å². The maximum atomic E-state index is 13.3. The number of carbonyl (C=O) groups is 4. The minimum Gasteiger partial charge on any atom is -0.480 e. The number of nitrogens with zero attached hydrogens (tertiary/aromatic N) is 3. The van der Waals surface area contributed by atoms with Crippen molar-refractivity contribution in [1.29, 1.82) is 0 Å².